The van der Waals surface area contributed by atoms with E-state index < -0.39 is 0 Å². The summed E-state index contributed by atoms with van der Waals surface area (Å²) in [4.78, 5) is 6.63. The van der Waals surface area contributed by atoms with Crippen molar-refractivity contribution in [1.82, 2.24) is 4.98 Å². The van der Waals surface area contributed by atoms with Gasteiger partial charge in [-0.1, -0.05) is 24.3 Å². The van der Waals surface area contributed by atoms with E-state index in [1.54, 1.807) is 26.6 Å². The van der Waals surface area contributed by atoms with E-state index in [0.717, 1.165) is 55.3 Å². The zero-order valence-corrected chi connectivity index (χ0v) is 18.3. The van der Waals surface area contributed by atoms with E-state index in [0.29, 0.717) is 6.61 Å². The van der Waals surface area contributed by atoms with Crippen molar-refractivity contribution in [2.45, 2.75) is 24.7 Å². The third-order valence-corrected chi connectivity index (χ3v) is 6.20. The second-order valence-corrected chi connectivity index (χ2v) is 8.00. The molecule has 1 aliphatic heterocycles. The predicted octanol–water partition coefficient (Wildman–Crippen LogP) is 5.11. The first-order chi connectivity index (χ1) is 15.2. The predicted molar refractivity (Wildman–Crippen MR) is 123 cm³/mol. The number of para-hydroxylation sites is 2. The molecule has 0 saturated carbocycles. The Morgan fingerprint density at radius 1 is 0.903 bits per heavy atom. The Labute approximate surface area is 184 Å². The van der Waals surface area contributed by atoms with Gasteiger partial charge in [-0.25, -0.2) is 0 Å². The van der Waals surface area contributed by atoms with Crippen molar-refractivity contribution < 1.29 is 14.2 Å². The number of nitrogens with zero attached hydrogens (tertiary/aromatic N) is 2. The van der Waals surface area contributed by atoms with Crippen molar-refractivity contribution in [3.8, 4) is 17.2 Å². The lowest BCUT2D eigenvalue weighted by Gasteiger charge is -2.34. The third kappa shape index (κ3) is 4.76. The smallest absolute Gasteiger partial charge is 0.142 e. The minimum absolute atomic E-state index is 0.110. The van der Waals surface area contributed by atoms with Gasteiger partial charge < -0.3 is 19.1 Å². The summed E-state index contributed by atoms with van der Waals surface area (Å²) in [5, 5.41) is 0. The van der Waals surface area contributed by atoms with Crippen molar-refractivity contribution in [3.05, 3.63) is 78.6 Å². The third-order valence-electron chi connectivity index (χ3n) is 6.20. The van der Waals surface area contributed by atoms with Crippen LogP contribution in [-0.4, -0.2) is 38.9 Å². The van der Waals surface area contributed by atoms with Crippen LogP contribution in [-0.2, 0) is 5.41 Å². The van der Waals surface area contributed by atoms with E-state index in [1.165, 1.54) is 5.56 Å². The summed E-state index contributed by atoms with van der Waals surface area (Å²) in [6.07, 6.45) is 6.61. The largest absolute Gasteiger partial charge is 0.497 e. The van der Waals surface area contributed by atoms with Gasteiger partial charge in [-0.2, -0.15) is 0 Å². The minimum Gasteiger partial charge on any atom is -0.497 e. The minimum atomic E-state index is -0.110. The van der Waals surface area contributed by atoms with Gasteiger partial charge in [-0.3, -0.25) is 4.98 Å². The van der Waals surface area contributed by atoms with Gasteiger partial charge in [-0.15, -0.1) is 0 Å². The van der Waals surface area contributed by atoms with Crippen LogP contribution in [0.5, 0.6) is 17.2 Å². The number of ether oxygens (including phenoxy) is 3. The number of hydrogen-bond acceptors (Lipinski definition) is 5. The number of hydrogen-bond donors (Lipinski definition) is 0. The lowest BCUT2D eigenvalue weighted by molar-refractivity contribution is 0.198. The zero-order chi connectivity index (χ0) is 21.5. The van der Waals surface area contributed by atoms with Crippen LogP contribution in [0.25, 0.3) is 0 Å². The first-order valence-electron chi connectivity index (χ1n) is 10.8. The molecular formula is C26H30N2O3. The molecule has 0 bridgehead atoms. The van der Waals surface area contributed by atoms with Crippen molar-refractivity contribution in [3.63, 3.8) is 0 Å². The van der Waals surface area contributed by atoms with Crippen LogP contribution in [0.3, 0.4) is 0 Å². The molecule has 5 nitrogen and oxygen atoms in total. The van der Waals surface area contributed by atoms with Crippen LogP contribution in [0.15, 0.2) is 73.1 Å². The molecule has 0 spiro atoms. The Bertz CT molecular complexity index is 979. The highest BCUT2D eigenvalue weighted by Crippen LogP contribution is 2.39. The summed E-state index contributed by atoms with van der Waals surface area (Å²) in [5.74, 6) is 2.60. The van der Waals surface area contributed by atoms with Gasteiger partial charge in [0.1, 0.15) is 17.2 Å². The Kier molecular flexibility index (Phi) is 6.60. The van der Waals surface area contributed by atoms with Crippen LogP contribution in [0, 0.1) is 0 Å². The van der Waals surface area contributed by atoms with Crippen LogP contribution < -0.4 is 19.1 Å². The molecule has 3 aromatic rings. The van der Waals surface area contributed by atoms with Gasteiger partial charge in [0.05, 0.1) is 32.7 Å². The standard InChI is InChI=1S/C26H30N2O3/c1-29-22-9-5-8-21(18-22)26(20-31-23-10-6-15-27-19-23)13-7-16-28(17-14-26)24-11-3-4-12-25(24)30-2/h3-6,8-12,15,18-19H,7,13-14,16-17,20H2,1-2H3. The number of benzene rings is 2. The number of aromatic nitrogens is 1. The van der Waals surface area contributed by atoms with Gasteiger partial charge >= 0.3 is 0 Å². The Morgan fingerprint density at radius 3 is 2.58 bits per heavy atom. The molecule has 2 aromatic carbocycles. The van der Waals surface area contributed by atoms with Crippen molar-refractivity contribution in [1.29, 1.82) is 0 Å². The van der Waals surface area contributed by atoms with E-state index >= 15 is 0 Å². The molecule has 0 N–H and O–H groups in total. The second kappa shape index (κ2) is 9.73. The van der Waals surface area contributed by atoms with Crippen molar-refractivity contribution >= 4 is 5.69 Å². The quantitative estimate of drug-likeness (QED) is 0.534. The number of methoxy groups -OCH3 is 2. The molecular weight excluding hydrogens is 388 g/mol. The summed E-state index contributed by atoms with van der Waals surface area (Å²) in [6.45, 7) is 2.51. The fourth-order valence-electron chi connectivity index (χ4n) is 4.45. The molecule has 0 amide bonds. The van der Waals surface area contributed by atoms with Crippen LogP contribution >= 0.6 is 0 Å². The van der Waals surface area contributed by atoms with Gasteiger partial charge in [0.15, 0.2) is 0 Å². The fourth-order valence-corrected chi connectivity index (χ4v) is 4.45. The van der Waals surface area contributed by atoms with Gasteiger partial charge in [-0.05, 0) is 61.2 Å². The van der Waals surface area contributed by atoms with Gasteiger partial charge in [0.2, 0.25) is 0 Å². The van der Waals surface area contributed by atoms with Crippen molar-refractivity contribution in [2.24, 2.45) is 0 Å². The SMILES string of the molecule is COc1cccc(C2(COc3cccnc3)CCCN(c3ccccc3OC)CC2)c1. The van der Waals surface area contributed by atoms with Crippen LogP contribution in [0.2, 0.25) is 0 Å². The van der Waals surface area contributed by atoms with E-state index in [2.05, 4.69) is 40.2 Å². The zero-order valence-electron chi connectivity index (χ0n) is 18.3. The lowest BCUT2D eigenvalue weighted by Crippen LogP contribution is -2.35. The maximum absolute atomic E-state index is 6.27. The number of pyridine rings is 1. The van der Waals surface area contributed by atoms with E-state index in [4.69, 9.17) is 14.2 Å². The monoisotopic (exact) mass is 418 g/mol. The van der Waals surface area contributed by atoms with E-state index in [1.807, 2.05) is 30.3 Å². The molecule has 1 atom stereocenters. The highest BCUT2D eigenvalue weighted by Gasteiger charge is 2.36. The maximum Gasteiger partial charge on any atom is 0.142 e. The maximum atomic E-state index is 6.27. The average molecular weight is 419 g/mol. The molecule has 1 aromatic heterocycles. The lowest BCUT2D eigenvalue weighted by atomic mass is 9.75. The van der Waals surface area contributed by atoms with Crippen molar-refractivity contribution in [2.75, 3.05) is 38.8 Å². The van der Waals surface area contributed by atoms with Gasteiger partial charge in [0, 0.05) is 24.7 Å². The molecule has 1 aliphatic rings. The molecule has 1 saturated heterocycles. The van der Waals surface area contributed by atoms with E-state index in [9.17, 15) is 0 Å². The Morgan fingerprint density at radius 2 is 1.77 bits per heavy atom. The number of rotatable bonds is 7. The fraction of sp³-hybridized carbons (Fsp3) is 0.346. The average Bonchev–Trinajstić information content (AvgIpc) is 3.07. The summed E-state index contributed by atoms with van der Waals surface area (Å²) in [5.41, 5.74) is 2.30. The van der Waals surface area contributed by atoms with Crippen LogP contribution in [0.1, 0.15) is 24.8 Å². The topological polar surface area (TPSA) is 43.8 Å². The molecule has 1 fully saturated rings. The molecule has 2 heterocycles. The molecule has 4 rings (SSSR count). The number of anilines is 1. The van der Waals surface area contributed by atoms with Crippen LogP contribution in [0.4, 0.5) is 5.69 Å². The first-order valence-corrected chi connectivity index (χ1v) is 10.8. The summed E-state index contributed by atoms with van der Waals surface area (Å²) in [6, 6.07) is 20.6. The molecule has 162 valence electrons. The highest BCUT2D eigenvalue weighted by atomic mass is 16.5. The second-order valence-electron chi connectivity index (χ2n) is 8.00. The van der Waals surface area contributed by atoms with E-state index in [-0.39, 0.29) is 5.41 Å². The molecule has 1 unspecified atom stereocenters. The van der Waals surface area contributed by atoms with Gasteiger partial charge in [0.25, 0.3) is 0 Å². The molecule has 0 aliphatic carbocycles. The summed E-state index contributed by atoms with van der Waals surface area (Å²) >= 11 is 0. The highest BCUT2D eigenvalue weighted by molar-refractivity contribution is 5.58. The summed E-state index contributed by atoms with van der Waals surface area (Å²) in [7, 11) is 3.45. The Balaban J connectivity index is 1.62. The summed E-state index contributed by atoms with van der Waals surface area (Å²) < 4.78 is 17.4. The first kappa shape index (κ1) is 21.0. The molecule has 31 heavy (non-hydrogen) atoms. The molecule has 5 heteroatoms. The Hall–Kier alpha value is -3.21. The normalized spacial score (nSPS) is 18.8. The molecule has 0 radical (unpaired) electrons.